The molecule has 12 heteroatoms. The lowest BCUT2D eigenvalue weighted by Crippen LogP contribution is -2.39. The highest BCUT2D eigenvalue weighted by Gasteiger charge is 2.20. The van der Waals surface area contributed by atoms with E-state index in [9.17, 15) is 4.79 Å². The normalized spacial score (nSPS) is 17.2. The van der Waals surface area contributed by atoms with Crippen LogP contribution in [0.4, 0.5) is 17.6 Å². The maximum Gasteiger partial charge on any atom is 0.328 e. The monoisotopic (exact) mass is 460 g/mol. The predicted octanol–water partition coefficient (Wildman–Crippen LogP) is 0.695. The standard InChI is InChI=1S/C21H32N8O4/c1-21(2,3)33-19(30)15-29-14-16(25-26-29)13-22-20-23-17(27-4-8-31-9-5-27)12-18(24-20)28-6-10-32-11-7-28/h12,14H,4-11,13,15H2,1-3H3,(H,22,23,24). The average molecular weight is 461 g/mol. The first kappa shape index (κ1) is 23.2. The zero-order valence-electron chi connectivity index (χ0n) is 19.5. The van der Waals surface area contributed by atoms with Crippen LogP contribution < -0.4 is 15.1 Å². The number of carbonyl (C=O) groups excluding carboxylic acids is 1. The molecular weight excluding hydrogens is 428 g/mol. The molecule has 0 bridgehead atoms. The van der Waals surface area contributed by atoms with Gasteiger partial charge in [0, 0.05) is 32.2 Å². The van der Waals surface area contributed by atoms with Crippen LogP contribution in [0.1, 0.15) is 26.5 Å². The summed E-state index contributed by atoms with van der Waals surface area (Å²) < 4.78 is 17.8. The molecule has 0 saturated carbocycles. The third-order valence-electron chi connectivity index (χ3n) is 5.09. The number of hydrogen-bond acceptors (Lipinski definition) is 11. The molecule has 2 aliphatic heterocycles. The third-order valence-corrected chi connectivity index (χ3v) is 5.09. The minimum absolute atomic E-state index is 0.00840. The van der Waals surface area contributed by atoms with Crippen LogP contribution in [0.3, 0.4) is 0 Å². The number of anilines is 3. The number of nitrogens with zero attached hydrogens (tertiary/aromatic N) is 7. The summed E-state index contributed by atoms with van der Waals surface area (Å²) in [5.74, 6) is 1.89. The number of aromatic nitrogens is 5. The number of morpholine rings is 2. The van der Waals surface area contributed by atoms with Crippen molar-refractivity contribution >= 4 is 23.6 Å². The van der Waals surface area contributed by atoms with E-state index in [4.69, 9.17) is 24.2 Å². The number of hydrogen-bond donors (Lipinski definition) is 1. The minimum atomic E-state index is -0.539. The van der Waals surface area contributed by atoms with Gasteiger partial charge in [0.05, 0.1) is 39.2 Å². The Bertz CT molecular complexity index is 896. The fourth-order valence-corrected chi connectivity index (χ4v) is 3.58. The number of rotatable bonds is 7. The maximum absolute atomic E-state index is 12.0. The average Bonchev–Trinajstić information content (AvgIpc) is 3.24. The summed E-state index contributed by atoms with van der Waals surface area (Å²) in [6.07, 6.45) is 1.71. The van der Waals surface area contributed by atoms with Crippen LogP contribution in [0.5, 0.6) is 0 Å². The second kappa shape index (κ2) is 10.3. The van der Waals surface area contributed by atoms with Crippen molar-refractivity contribution in [1.29, 1.82) is 0 Å². The van der Waals surface area contributed by atoms with E-state index < -0.39 is 5.60 Å². The van der Waals surface area contributed by atoms with Crippen molar-refractivity contribution in [3.63, 3.8) is 0 Å². The summed E-state index contributed by atoms with van der Waals surface area (Å²) in [7, 11) is 0. The molecule has 33 heavy (non-hydrogen) atoms. The third kappa shape index (κ3) is 6.75. The number of nitrogens with one attached hydrogen (secondary N) is 1. The number of esters is 1. The van der Waals surface area contributed by atoms with E-state index in [-0.39, 0.29) is 12.5 Å². The molecule has 12 nitrogen and oxygen atoms in total. The molecule has 0 radical (unpaired) electrons. The summed E-state index contributed by atoms with van der Waals surface area (Å²) in [6.45, 7) is 11.8. The summed E-state index contributed by atoms with van der Waals surface area (Å²) in [5, 5.41) is 11.4. The topological polar surface area (TPSA) is 120 Å². The first-order valence-corrected chi connectivity index (χ1v) is 11.2. The van der Waals surface area contributed by atoms with Crippen LogP contribution in [-0.2, 0) is 32.1 Å². The SMILES string of the molecule is CC(C)(C)OC(=O)Cn1cc(CNc2nc(N3CCOCC3)cc(N3CCOCC3)n2)nn1. The summed E-state index contributed by atoms with van der Waals surface area (Å²) in [4.78, 5) is 25.9. The summed E-state index contributed by atoms with van der Waals surface area (Å²) in [6, 6.07) is 2.03. The van der Waals surface area contributed by atoms with Crippen molar-refractivity contribution in [2.24, 2.45) is 0 Å². The lowest BCUT2D eigenvalue weighted by Gasteiger charge is -2.31. The largest absolute Gasteiger partial charge is 0.459 e. The van der Waals surface area contributed by atoms with Crippen LogP contribution in [-0.4, -0.2) is 89.1 Å². The van der Waals surface area contributed by atoms with Crippen molar-refractivity contribution in [3.8, 4) is 0 Å². The smallest absolute Gasteiger partial charge is 0.328 e. The van der Waals surface area contributed by atoms with Crippen LogP contribution in [0.15, 0.2) is 12.3 Å². The fraction of sp³-hybridized carbons (Fsp3) is 0.667. The van der Waals surface area contributed by atoms with Crippen molar-refractivity contribution in [1.82, 2.24) is 25.0 Å². The van der Waals surface area contributed by atoms with Gasteiger partial charge in [-0.15, -0.1) is 5.10 Å². The van der Waals surface area contributed by atoms with Gasteiger partial charge in [-0.2, -0.15) is 9.97 Å². The quantitative estimate of drug-likeness (QED) is 0.588. The molecule has 0 unspecified atom stereocenters. The lowest BCUT2D eigenvalue weighted by atomic mass is 10.2. The molecule has 0 aliphatic carbocycles. The van der Waals surface area contributed by atoms with Gasteiger partial charge in [-0.3, -0.25) is 4.79 Å². The van der Waals surface area contributed by atoms with E-state index in [1.807, 2.05) is 26.8 Å². The van der Waals surface area contributed by atoms with Crippen LogP contribution >= 0.6 is 0 Å². The zero-order valence-corrected chi connectivity index (χ0v) is 19.5. The lowest BCUT2D eigenvalue weighted by molar-refractivity contribution is -0.155. The van der Waals surface area contributed by atoms with Gasteiger partial charge in [-0.1, -0.05) is 5.21 Å². The number of ether oxygens (including phenoxy) is 3. The van der Waals surface area contributed by atoms with Gasteiger partial charge >= 0.3 is 5.97 Å². The molecule has 2 aromatic rings. The molecule has 4 heterocycles. The van der Waals surface area contributed by atoms with Crippen molar-refractivity contribution in [2.75, 3.05) is 67.7 Å². The Morgan fingerprint density at radius 2 is 1.61 bits per heavy atom. The highest BCUT2D eigenvalue weighted by atomic mass is 16.6. The molecule has 0 aromatic carbocycles. The first-order valence-electron chi connectivity index (χ1n) is 11.2. The zero-order chi connectivity index (χ0) is 23.3. The Morgan fingerprint density at radius 1 is 1.03 bits per heavy atom. The Kier molecular flexibility index (Phi) is 7.23. The molecule has 0 spiro atoms. The van der Waals surface area contributed by atoms with Gasteiger partial charge in [0.1, 0.15) is 29.5 Å². The van der Waals surface area contributed by atoms with Crippen LogP contribution in [0, 0.1) is 0 Å². The maximum atomic E-state index is 12.0. The Morgan fingerprint density at radius 3 is 2.15 bits per heavy atom. The second-order valence-corrected chi connectivity index (χ2v) is 8.95. The van der Waals surface area contributed by atoms with E-state index in [2.05, 4.69) is 25.4 Å². The van der Waals surface area contributed by atoms with Gasteiger partial charge in [0.15, 0.2) is 0 Å². The molecule has 2 aliphatic rings. The van der Waals surface area contributed by atoms with Crippen LogP contribution in [0.2, 0.25) is 0 Å². The molecule has 0 amide bonds. The molecule has 2 fully saturated rings. The molecule has 2 aromatic heterocycles. The highest BCUT2D eigenvalue weighted by molar-refractivity contribution is 5.69. The fourth-order valence-electron chi connectivity index (χ4n) is 3.58. The van der Waals surface area contributed by atoms with Gasteiger partial charge in [0.2, 0.25) is 5.95 Å². The molecular formula is C21H32N8O4. The van der Waals surface area contributed by atoms with Gasteiger partial charge in [-0.25, -0.2) is 4.68 Å². The van der Waals surface area contributed by atoms with Crippen molar-refractivity contribution in [3.05, 3.63) is 18.0 Å². The Labute approximate surface area is 193 Å². The Balaban J connectivity index is 1.43. The minimum Gasteiger partial charge on any atom is -0.459 e. The van der Waals surface area contributed by atoms with Gasteiger partial charge in [0.25, 0.3) is 0 Å². The number of carbonyl (C=O) groups is 1. The second-order valence-electron chi connectivity index (χ2n) is 8.95. The Hall–Kier alpha value is -2.99. The van der Waals surface area contributed by atoms with Gasteiger partial charge < -0.3 is 29.3 Å². The van der Waals surface area contributed by atoms with Crippen molar-refractivity contribution < 1.29 is 19.0 Å². The van der Waals surface area contributed by atoms with Crippen molar-refractivity contribution in [2.45, 2.75) is 39.5 Å². The summed E-state index contributed by atoms with van der Waals surface area (Å²) in [5.41, 5.74) is 0.134. The molecule has 4 rings (SSSR count). The van der Waals surface area contributed by atoms with Gasteiger partial charge in [-0.05, 0) is 20.8 Å². The molecule has 180 valence electrons. The molecule has 0 atom stereocenters. The molecule has 2 saturated heterocycles. The van der Waals surface area contributed by atoms with E-state index in [0.717, 1.165) is 37.8 Å². The molecule has 1 N–H and O–H groups in total. The summed E-state index contributed by atoms with van der Waals surface area (Å²) >= 11 is 0. The predicted molar refractivity (Wildman–Crippen MR) is 121 cm³/mol. The van der Waals surface area contributed by atoms with Crippen LogP contribution in [0.25, 0.3) is 0 Å². The highest BCUT2D eigenvalue weighted by Crippen LogP contribution is 2.23. The van der Waals surface area contributed by atoms with E-state index in [0.29, 0.717) is 44.6 Å². The van der Waals surface area contributed by atoms with E-state index in [1.165, 1.54) is 4.68 Å². The van der Waals surface area contributed by atoms with E-state index in [1.54, 1.807) is 6.20 Å². The van der Waals surface area contributed by atoms with E-state index >= 15 is 0 Å². The first-order chi connectivity index (χ1) is 15.9.